The molecule has 2 rings (SSSR count). The van der Waals surface area contributed by atoms with Crippen LogP contribution in [-0.4, -0.2) is 11.5 Å². The standard InChI is InChI=1S/C10H7BF3N2.K/c12-11(13,14)7-16-4-3-9-2-1-8(6-15)5-10(9)16;/h1-5H,7H2;/q-1;+1. The fourth-order valence-corrected chi connectivity index (χ4v) is 1.64. The third-order valence-electron chi connectivity index (χ3n) is 2.31. The molecule has 0 aliphatic heterocycles. The molecular weight excluding hydrogens is 255 g/mol. The molecule has 0 aliphatic rings. The van der Waals surface area contributed by atoms with Crippen LogP contribution in [0.1, 0.15) is 5.56 Å². The second-order valence-corrected chi connectivity index (χ2v) is 3.56. The van der Waals surface area contributed by atoms with Crippen molar-refractivity contribution in [2.24, 2.45) is 0 Å². The van der Waals surface area contributed by atoms with E-state index in [0.717, 1.165) is 4.57 Å². The molecule has 1 heterocycles. The van der Waals surface area contributed by atoms with E-state index in [1.807, 2.05) is 6.07 Å². The maximum absolute atomic E-state index is 12.3. The van der Waals surface area contributed by atoms with Gasteiger partial charge in [-0.1, -0.05) is 6.07 Å². The number of hydrogen-bond acceptors (Lipinski definition) is 1. The molecule has 0 amide bonds. The zero-order valence-corrected chi connectivity index (χ0v) is 12.3. The van der Waals surface area contributed by atoms with E-state index in [1.165, 1.54) is 12.3 Å². The third kappa shape index (κ3) is 3.60. The van der Waals surface area contributed by atoms with Crippen molar-refractivity contribution in [3.8, 4) is 6.07 Å². The quantitative estimate of drug-likeness (QED) is 0.695. The average molecular weight is 262 g/mol. The first-order valence-electron chi connectivity index (χ1n) is 4.69. The molecule has 17 heavy (non-hydrogen) atoms. The smallest absolute Gasteiger partial charge is 0.448 e. The summed E-state index contributed by atoms with van der Waals surface area (Å²) >= 11 is 0. The van der Waals surface area contributed by atoms with Crippen molar-refractivity contribution >= 4 is 17.9 Å². The monoisotopic (exact) mass is 262 g/mol. The predicted octanol–water partition coefficient (Wildman–Crippen LogP) is -0.0964. The molecule has 0 N–H and O–H groups in total. The summed E-state index contributed by atoms with van der Waals surface area (Å²) < 4.78 is 38.0. The van der Waals surface area contributed by atoms with Gasteiger partial charge in [0.15, 0.2) is 0 Å². The largest absolute Gasteiger partial charge is 1.00 e. The topological polar surface area (TPSA) is 28.7 Å². The number of benzene rings is 1. The number of rotatable bonds is 2. The average Bonchev–Trinajstić information content (AvgIpc) is 2.58. The van der Waals surface area contributed by atoms with E-state index in [2.05, 4.69) is 0 Å². The van der Waals surface area contributed by atoms with Crippen LogP contribution >= 0.6 is 0 Å². The summed E-state index contributed by atoms with van der Waals surface area (Å²) in [5.74, 6) is 0. The number of hydrogen-bond donors (Lipinski definition) is 0. The second kappa shape index (κ2) is 5.59. The first kappa shape index (κ1) is 14.8. The van der Waals surface area contributed by atoms with Crippen LogP contribution in [0.4, 0.5) is 12.9 Å². The maximum atomic E-state index is 12.3. The van der Waals surface area contributed by atoms with Crippen molar-refractivity contribution in [3.63, 3.8) is 0 Å². The van der Waals surface area contributed by atoms with Gasteiger partial charge in [0.25, 0.3) is 0 Å². The molecule has 0 saturated heterocycles. The Balaban J connectivity index is 0.00000144. The Labute approximate surface area is 139 Å². The Morgan fingerprint density at radius 1 is 1.24 bits per heavy atom. The molecule has 2 nitrogen and oxygen atoms in total. The van der Waals surface area contributed by atoms with E-state index < -0.39 is 13.4 Å². The van der Waals surface area contributed by atoms with Gasteiger partial charge in [-0.05, 0) is 30.0 Å². The van der Waals surface area contributed by atoms with Crippen LogP contribution in [0.5, 0.6) is 0 Å². The van der Waals surface area contributed by atoms with E-state index in [0.29, 0.717) is 16.5 Å². The Morgan fingerprint density at radius 2 is 1.94 bits per heavy atom. The summed E-state index contributed by atoms with van der Waals surface area (Å²) in [6.07, 6.45) is 0.416. The normalized spacial score (nSPS) is 10.9. The van der Waals surface area contributed by atoms with Crippen molar-refractivity contribution in [3.05, 3.63) is 36.0 Å². The van der Waals surface area contributed by atoms with Gasteiger partial charge in [0.05, 0.1) is 11.6 Å². The first-order chi connectivity index (χ1) is 7.49. The zero-order chi connectivity index (χ0) is 11.8. The summed E-state index contributed by atoms with van der Waals surface area (Å²) in [5, 5.41) is 9.39. The van der Waals surface area contributed by atoms with Crippen LogP contribution in [0.2, 0.25) is 0 Å². The molecule has 0 fully saturated rings. The molecular formula is C10H7BF3KN2. The van der Waals surface area contributed by atoms with Gasteiger partial charge in [-0.3, -0.25) is 0 Å². The predicted molar refractivity (Wildman–Crippen MR) is 55.7 cm³/mol. The minimum Gasteiger partial charge on any atom is -0.448 e. The minimum atomic E-state index is -4.87. The van der Waals surface area contributed by atoms with Gasteiger partial charge in [-0.15, -0.1) is 0 Å². The van der Waals surface area contributed by atoms with E-state index in [4.69, 9.17) is 5.26 Å². The summed E-state index contributed by atoms with van der Waals surface area (Å²) in [6, 6.07) is 8.22. The van der Waals surface area contributed by atoms with E-state index in [-0.39, 0.29) is 51.4 Å². The molecule has 1 aromatic heterocycles. The summed E-state index contributed by atoms with van der Waals surface area (Å²) in [5.41, 5.74) is 0.806. The molecule has 0 spiro atoms. The fourth-order valence-electron chi connectivity index (χ4n) is 1.64. The van der Waals surface area contributed by atoms with Crippen LogP contribution in [0.3, 0.4) is 0 Å². The Bertz CT molecular complexity index is 571. The van der Waals surface area contributed by atoms with Gasteiger partial charge in [-0.25, -0.2) is 0 Å². The van der Waals surface area contributed by atoms with Crippen LogP contribution in [-0.2, 0) is 6.44 Å². The fraction of sp³-hybridized carbons (Fsp3) is 0.100. The number of nitrogens with zero attached hydrogens (tertiary/aromatic N) is 2. The van der Waals surface area contributed by atoms with Crippen molar-refractivity contribution in [1.29, 1.82) is 5.26 Å². The molecule has 0 atom stereocenters. The Morgan fingerprint density at radius 3 is 2.53 bits per heavy atom. The number of halogens is 3. The maximum Gasteiger partial charge on any atom is 1.00 e. The van der Waals surface area contributed by atoms with Gasteiger partial charge < -0.3 is 17.5 Å². The van der Waals surface area contributed by atoms with Gasteiger partial charge in [0.2, 0.25) is 0 Å². The van der Waals surface area contributed by atoms with E-state index >= 15 is 0 Å². The minimum absolute atomic E-state index is 0. The zero-order valence-electron chi connectivity index (χ0n) is 9.20. The van der Waals surface area contributed by atoms with Crippen molar-refractivity contribution < 1.29 is 64.3 Å². The van der Waals surface area contributed by atoms with Crippen molar-refractivity contribution in [2.45, 2.75) is 6.44 Å². The summed E-state index contributed by atoms with van der Waals surface area (Å²) in [7, 11) is 0. The first-order valence-corrected chi connectivity index (χ1v) is 4.69. The van der Waals surface area contributed by atoms with Crippen molar-refractivity contribution in [1.82, 2.24) is 4.57 Å². The number of nitriles is 1. The number of aromatic nitrogens is 1. The SMILES string of the molecule is N#Cc1ccc2ccn(C[B-](F)(F)F)c2c1.[K+]. The van der Waals surface area contributed by atoms with E-state index in [1.54, 1.807) is 18.2 Å². The van der Waals surface area contributed by atoms with Gasteiger partial charge >= 0.3 is 58.4 Å². The molecule has 0 saturated carbocycles. The van der Waals surface area contributed by atoms with Gasteiger partial charge in [-0.2, -0.15) is 5.26 Å². The summed E-state index contributed by atoms with van der Waals surface area (Å²) in [4.78, 5) is 0. The molecule has 0 aliphatic carbocycles. The Kier molecular flexibility index (Phi) is 4.87. The van der Waals surface area contributed by atoms with Crippen LogP contribution in [0.25, 0.3) is 10.9 Å². The molecule has 0 bridgehead atoms. The Hall–Kier alpha value is -0.259. The number of fused-ring (bicyclic) bond motifs is 1. The molecule has 0 radical (unpaired) electrons. The van der Waals surface area contributed by atoms with Gasteiger partial charge in [0.1, 0.15) is 0 Å². The molecule has 82 valence electrons. The van der Waals surface area contributed by atoms with Crippen LogP contribution < -0.4 is 51.4 Å². The third-order valence-corrected chi connectivity index (χ3v) is 2.31. The molecule has 0 unspecified atom stereocenters. The molecule has 2 aromatic rings. The molecule has 1 aromatic carbocycles. The second-order valence-electron chi connectivity index (χ2n) is 3.56. The van der Waals surface area contributed by atoms with Crippen molar-refractivity contribution in [2.75, 3.05) is 0 Å². The van der Waals surface area contributed by atoms with E-state index in [9.17, 15) is 12.9 Å². The molecule has 7 heteroatoms. The van der Waals surface area contributed by atoms with Crippen LogP contribution in [0.15, 0.2) is 30.5 Å². The van der Waals surface area contributed by atoms with Crippen LogP contribution in [0, 0.1) is 11.3 Å². The summed E-state index contributed by atoms with van der Waals surface area (Å²) in [6.45, 7) is -4.87. The van der Waals surface area contributed by atoms with Gasteiger partial charge in [0, 0.05) is 11.7 Å².